The van der Waals surface area contributed by atoms with Gasteiger partial charge >= 0.3 is 11.9 Å². The molecule has 0 saturated heterocycles. The monoisotopic (exact) mass is 693 g/mol. The maximum absolute atomic E-state index is 12.5. The van der Waals surface area contributed by atoms with Gasteiger partial charge in [0.25, 0.3) is 0 Å². The molecule has 9 nitrogen and oxygen atoms in total. The first-order valence-electron chi connectivity index (χ1n) is 19.7. The quantitative estimate of drug-likeness (QED) is 0.0295. The summed E-state index contributed by atoms with van der Waals surface area (Å²) in [7, 11) is 0. The molecule has 0 aliphatic carbocycles. The molecule has 4 N–H and O–H groups in total. The zero-order chi connectivity index (χ0) is 36.2. The van der Waals surface area contributed by atoms with Crippen molar-refractivity contribution in [1.82, 2.24) is 10.6 Å². The highest BCUT2D eigenvalue weighted by Crippen LogP contribution is 2.15. The van der Waals surface area contributed by atoms with Crippen molar-refractivity contribution in [2.24, 2.45) is 0 Å². The lowest BCUT2D eigenvalue weighted by atomic mass is 10.1. The summed E-state index contributed by atoms with van der Waals surface area (Å²) in [6.45, 7) is 3.33. The fourth-order valence-corrected chi connectivity index (χ4v) is 5.57. The number of aliphatic hydroxyl groups excluding tert-OH is 1. The van der Waals surface area contributed by atoms with Crippen LogP contribution < -0.4 is 10.6 Å². The van der Waals surface area contributed by atoms with Crippen LogP contribution in [0.3, 0.4) is 0 Å². The van der Waals surface area contributed by atoms with Crippen LogP contribution >= 0.6 is 0 Å². The highest BCUT2D eigenvalue weighted by atomic mass is 16.5. The number of allylic oxidation sites excluding steroid dienone is 3. The van der Waals surface area contributed by atoms with Crippen molar-refractivity contribution in [3.63, 3.8) is 0 Å². The van der Waals surface area contributed by atoms with E-state index in [9.17, 15) is 19.2 Å². The molecule has 0 rings (SSSR count). The average Bonchev–Trinajstić information content (AvgIpc) is 3.08. The highest BCUT2D eigenvalue weighted by Gasteiger charge is 2.18. The average molecular weight is 693 g/mol. The van der Waals surface area contributed by atoms with Gasteiger partial charge in [-0.1, -0.05) is 128 Å². The third-order valence-corrected chi connectivity index (χ3v) is 8.64. The Labute approximate surface area is 298 Å². The van der Waals surface area contributed by atoms with E-state index in [1.54, 1.807) is 0 Å². The van der Waals surface area contributed by atoms with Crippen LogP contribution in [-0.2, 0) is 23.9 Å². The zero-order valence-electron chi connectivity index (χ0n) is 31.2. The minimum absolute atomic E-state index is 0.124. The number of nitrogens with one attached hydrogen (secondary N) is 2. The largest absolute Gasteiger partial charge is 0.480 e. The first kappa shape index (κ1) is 46.3. The summed E-state index contributed by atoms with van der Waals surface area (Å²) in [6, 6.07) is -1.39. The van der Waals surface area contributed by atoms with Crippen LogP contribution in [0.5, 0.6) is 0 Å². The van der Waals surface area contributed by atoms with Gasteiger partial charge in [0.15, 0.2) is 0 Å². The number of hydrogen-bond acceptors (Lipinski definition) is 6. The lowest BCUT2D eigenvalue weighted by Crippen LogP contribution is -2.47. The number of unbranched alkanes of at least 4 members (excludes halogenated alkanes) is 19. The second-order valence-corrected chi connectivity index (χ2v) is 13.4. The number of hydrogen-bond donors (Lipinski definition) is 4. The van der Waals surface area contributed by atoms with Gasteiger partial charge in [-0.2, -0.15) is 0 Å². The normalized spacial score (nSPS) is 12.7. The van der Waals surface area contributed by atoms with Crippen LogP contribution in [0.2, 0.25) is 0 Å². The van der Waals surface area contributed by atoms with Crippen LogP contribution in [0.25, 0.3) is 0 Å². The highest BCUT2D eigenvalue weighted by molar-refractivity contribution is 5.87. The van der Waals surface area contributed by atoms with Gasteiger partial charge in [-0.15, -0.1) is 0 Å². The van der Waals surface area contributed by atoms with Gasteiger partial charge < -0.3 is 25.6 Å². The Bertz CT molecular complexity index is 890. The number of carboxylic acids is 1. The minimum Gasteiger partial charge on any atom is -0.480 e. The number of carboxylic acid groups (broad SMARTS) is 1. The number of aliphatic hydroxyl groups is 1. The molecule has 9 heteroatoms. The summed E-state index contributed by atoms with van der Waals surface area (Å²) in [5.74, 6) is -2.41. The predicted molar refractivity (Wildman–Crippen MR) is 199 cm³/mol. The molecule has 0 heterocycles. The molecular weight excluding hydrogens is 620 g/mol. The van der Waals surface area contributed by atoms with Crippen molar-refractivity contribution in [3.05, 3.63) is 24.3 Å². The van der Waals surface area contributed by atoms with Crippen LogP contribution in [0, 0.1) is 0 Å². The Kier molecular flexibility index (Phi) is 33.2. The molecule has 0 fully saturated rings. The van der Waals surface area contributed by atoms with E-state index in [1.807, 2.05) is 6.08 Å². The predicted octanol–water partition coefficient (Wildman–Crippen LogP) is 8.87. The van der Waals surface area contributed by atoms with E-state index < -0.39 is 24.5 Å². The van der Waals surface area contributed by atoms with E-state index in [0.717, 1.165) is 51.4 Å². The molecular formula is C40H72N2O7. The lowest BCUT2D eigenvalue weighted by Gasteiger charge is -2.15. The SMILES string of the molecule is CCC/C=C\C(CCCCCCC(=O)NCC(=O)NC(CO)C(=O)O)OC(=O)CCCCCCCCCCC/C=C\CCCCCCCC. The van der Waals surface area contributed by atoms with E-state index in [1.165, 1.54) is 96.3 Å². The molecule has 2 amide bonds. The first-order chi connectivity index (χ1) is 23.8. The van der Waals surface area contributed by atoms with E-state index in [2.05, 4.69) is 42.7 Å². The molecule has 0 aromatic rings. The van der Waals surface area contributed by atoms with Crippen molar-refractivity contribution in [2.75, 3.05) is 13.2 Å². The van der Waals surface area contributed by atoms with Gasteiger partial charge in [0.2, 0.25) is 11.8 Å². The second-order valence-electron chi connectivity index (χ2n) is 13.4. The topological polar surface area (TPSA) is 142 Å². The molecule has 0 aromatic heterocycles. The van der Waals surface area contributed by atoms with Crippen molar-refractivity contribution < 1.29 is 34.1 Å². The molecule has 2 atom stereocenters. The van der Waals surface area contributed by atoms with E-state index in [-0.39, 0.29) is 30.9 Å². The number of esters is 1. The third kappa shape index (κ3) is 32.3. The number of ether oxygens (including phenoxy) is 1. The Morgan fingerprint density at radius 3 is 1.69 bits per heavy atom. The molecule has 49 heavy (non-hydrogen) atoms. The maximum Gasteiger partial charge on any atom is 0.328 e. The summed E-state index contributed by atoms with van der Waals surface area (Å²) in [4.78, 5) is 47.1. The van der Waals surface area contributed by atoms with Gasteiger partial charge in [-0.05, 0) is 63.9 Å². The van der Waals surface area contributed by atoms with Crippen LogP contribution in [0.4, 0.5) is 0 Å². The standard InChI is InChI=1S/C40H72N2O7/c1-3-5-7-8-9-10-11-12-13-14-15-16-17-18-19-20-21-22-28-32-39(46)49-35(29-25-6-4-2)30-26-23-24-27-31-37(44)41-33-38(45)42-36(34-43)40(47)48/h12-13,25,29,35-36,43H,3-11,14-24,26-28,30-34H2,1-2H3,(H,41,44)(H,42,45)(H,47,48)/b13-12-,29-25-. The maximum atomic E-state index is 12.5. The molecule has 0 saturated carbocycles. The fourth-order valence-electron chi connectivity index (χ4n) is 5.57. The van der Waals surface area contributed by atoms with Gasteiger partial charge in [-0.25, -0.2) is 4.79 Å². The Morgan fingerprint density at radius 2 is 1.14 bits per heavy atom. The third-order valence-electron chi connectivity index (χ3n) is 8.64. The lowest BCUT2D eigenvalue weighted by molar-refractivity contribution is -0.147. The second kappa shape index (κ2) is 35.2. The summed E-state index contributed by atoms with van der Waals surface area (Å²) in [5.41, 5.74) is 0. The number of carbonyl (C=O) groups is 4. The number of rotatable bonds is 35. The van der Waals surface area contributed by atoms with Crippen molar-refractivity contribution in [2.45, 2.75) is 193 Å². The van der Waals surface area contributed by atoms with E-state index >= 15 is 0 Å². The minimum atomic E-state index is -1.39. The molecule has 0 aliphatic heterocycles. The van der Waals surface area contributed by atoms with Crippen molar-refractivity contribution >= 4 is 23.8 Å². The Balaban J connectivity index is 3.90. The molecule has 284 valence electrons. The van der Waals surface area contributed by atoms with Crippen LogP contribution in [0.15, 0.2) is 24.3 Å². The van der Waals surface area contributed by atoms with Gasteiger partial charge in [-0.3, -0.25) is 14.4 Å². The molecule has 0 aromatic carbocycles. The Hall–Kier alpha value is -2.68. The first-order valence-corrected chi connectivity index (χ1v) is 19.7. The van der Waals surface area contributed by atoms with Crippen LogP contribution in [0.1, 0.15) is 181 Å². The summed E-state index contributed by atoms with van der Waals surface area (Å²) < 4.78 is 5.80. The van der Waals surface area contributed by atoms with E-state index in [4.69, 9.17) is 14.9 Å². The van der Waals surface area contributed by atoms with Gasteiger partial charge in [0, 0.05) is 12.8 Å². The smallest absolute Gasteiger partial charge is 0.328 e. The summed E-state index contributed by atoms with van der Waals surface area (Å²) in [5, 5.41) is 22.4. The fraction of sp³-hybridized carbons (Fsp3) is 0.800. The summed E-state index contributed by atoms with van der Waals surface area (Å²) >= 11 is 0. The number of carbonyl (C=O) groups excluding carboxylic acids is 3. The molecule has 0 spiro atoms. The summed E-state index contributed by atoms with van der Waals surface area (Å²) in [6.07, 6.45) is 37.0. The van der Waals surface area contributed by atoms with Gasteiger partial charge in [0.1, 0.15) is 12.1 Å². The molecule has 0 aliphatic rings. The van der Waals surface area contributed by atoms with E-state index in [0.29, 0.717) is 12.8 Å². The van der Waals surface area contributed by atoms with Crippen LogP contribution in [-0.4, -0.2) is 59.3 Å². The van der Waals surface area contributed by atoms with Gasteiger partial charge in [0.05, 0.1) is 13.2 Å². The number of aliphatic carboxylic acids is 1. The molecule has 0 bridgehead atoms. The number of amides is 2. The molecule has 0 radical (unpaired) electrons. The van der Waals surface area contributed by atoms with Crippen molar-refractivity contribution in [1.29, 1.82) is 0 Å². The Morgan fingerprint density at radius 1 is 0.612 bits per heavy atom. The molecule has 2 unspecified atom stereocenters. The zero-order valence-corrected chi connectivity index (χ0v) is 31.2. The van der Waals surface area contributed by atoms with Crippen molar-refractivity contribution in [3.8, 4) is 0 Å².